The summed E-state index contributed by atoms with van der Waals surface area (Å²) in [7, 11) is 2.05. The Bertz CT molecular complexity index is 731. The van der Waals surface area contributed by atoms with Crippen LogP contribution in [0.15, 0.2) is 36.4 Å². The Morgan fingerprint density at radius 1 is 0.917 bits per heavy atom. The standard InChI is InChI=1S/C17H15Cl4NO.ClH/c1-22-9-17(10-22,12-3-5-14(19)16(21)7-12)23-8-11-2-4-13(18)15(20)6-11;/h2-7H,8-10H2,1H3;1H. The van der Waals surface area contributed by atoms with Gasteiger partial charge in [0.25, 0.3) is 0 Å². The van der Waals surface area contributed by atoms with Gasteiger partial charge in [-0.05, 0) is 42.4 Å². The van der Waals surface area contributed by atoms with Gasteiger partial charge < -0.3 is 4.74 Å². The minimum atomic E-state index is -0.380. The molecule has 0 aliphatic carbocycles. The molecule has 130 valence electrons. The van der Waals surface area contributed by atoms with Crippen LogP contribution in [0.1, 0.15) is 11.1 Å². The molecule has 0 atom stereocenters. The zero-order valence-corrected chi connectivity index (χ0v) is 16.7. The Morgan fingerprint density at radius 3 is 2.04 bits per heavy atom. The first-order chi connectivity index (χ1) is 10.9. The summed E-state index contributed by atoms with van der Waals surface area (Å²) in [5.41, 5.74) is 1.63. The zero-order valence-electron chi connectivity index (χ0n) is 12.9. The average Bonchev–Trinajstić information content (AvgIpc) is 2.48. The third kappa shape index (κ3) is 4.13. The predicted octanol–water partition coefficient (Wildman–Crippen LogP) is 6.08. The molecule has 0 amide bonds. The summed E-state index contributed by atoms with van der Waals surface area (Å²) in [5.74, 6) is 0. The molecule has 7 heteroatoms. The van der Waals surface area contributed by atoms with Crippen LogP contribution in [-0.4, -0.2) is 25.0 Å². The minimum Gasteiger partial charge on any atom is -0.363 e. The molecule has 2 aromatic rings. The largest absolute Gasteiger partial charge is 0.363 e. The number of hydrogen-bond donors (Lipinski definition) is 0. The minimum absolute atomic E-state index is 0. The molecule has 1 saturated heterocycles. The van der Waals surface area contributed by atoms with Gasteiger partial charge >= 0.3 is 0 Å². The fraction of sp³-hybridized carbons (Fsp3) is 0.294. The van der Waals surface area contributed by atoms with Crippen molar-refractivity contribution in [2.24, 2.45) is 0 Å². The van der Waals surface area contributed by atoms with E-state index in [4.69, 9.17) is 51.1 Å². The molecule has 1 aliphatic heterocycles. The van der Waals surface area contributed by atoms with Crippen LogP contribution in [-0.2, 0) is 16.9 Å². The number of nitrogens with zero attached hydrogens (tertiary/aromatic N) is 1. The number of likely N-dealkylation sites (N-methyl/N-ethyl adjacent to an activating group) is 1. The first kappa shape index (κ1) is 20.1. The van der Waals surface area contributed by atoms with Gasteiger partial charge in [-0.15, -0.1) is 12.4 Å². The number of ether oxygens (including phenoxy) is 1. The highest BCUT2D eigenvalue weighted by molar-refractivity contribution is 6.42. The van der Waals surface area contributed by atoms with Gasteiger partial charge in [0.05, 0.1) is 26.7 Å². The van der Waals surface area contributed by atoms with Crippen molar-refractivity contribution in [3.63, 3.8) is 0 Å². The molecule has 0 saturated carbocycles. The van der Waals surface area contributed by atoms with Gasteiger partial charge in [0, 0.05) is 13.1 Å². The lowest BCUT2D eigenvalue weighted by molar-refractivity contribution is -0.151. The SMILES string of the molecule is CN1CC(OCc2ccc(Cl)c(Cl)c2)(c2ccc(Cl)c(Cl)c2)C1.Cl. The van der Waals surface area contributed by atoms with Crippen molar-refractivity contribution in [2.45, 2.75) is 12.2 Å². The van der Waals surface area contributed by atoms with E-state index in [0.29, 0.717) is 26.7 Å². The third-order valence-electron chi connectivity index (χ3n) is 4.00. The molecular weight excluding hydrogens is 411 g/mol. The number of rotatable bonds is 4. The molecule has 0 radical (unpaired) electrons. The molecule has 2 aromatic carbocycles. The molecule has 0 spiro atoms. The molecule has 0 bridgehead atoms. The van der Waals surface area contributed by atoms with Crippen LogP contribution in [0.25, 0.3) is 0 Å². The van der Waals surface area contributed by atoms with Crippen LogP contribution in [0.3, 0.4) is 0 Å². The van der Waals surface area contributed by atoms with Crippen LogP contribution in [0.2, 0.25) is 20.1 Å². The van der Waals surface area contributed by atoms with Crippen molar-refractivity contribution in [3.8, 4) is 0 Å². The second kappa shape index (κ2) is 8.01. The molecule has 0 N–H and O–H groups in total. The summed E-state index contributed by atoms with van der Waals surface area (Å²) in [4.78, 5) is 2.19. The van der Waals surface area contributed by atoms with Crippen molar-refractivity contribution in [1.82, 2.24) is 4.90 Å². The first-order valence-corrected chi connectivity index (χ1v) is 8.63. The Hall–Kier alpha value is -0.190. The Balaban J connectivity index is 0.00000208. The smallest absolute Gasteiger partial charge is 0.119 e. The van der Waals surface area contributed by atoms with E-state index in [1.165, 1.54) is 0 Å². The van der Waals surface area contributed by atoms with Gasteiger partial charge in [-0.25, -0.2) is 0 Å². The van der Waals surface area contributed by atoms with E-state index in [1.807, 2.05) is 30.3 Å². The summed E-state index contributed by atoms with van der Waals surface area (Å²) in [6.07, 6.45) is 0. The van der Waals surface area contributed by atoms with Crippen molar-refractivity contribution in [3.05, 3.63) is 67.6 Å². The van der Waals surface area contributed by atoms with E-state index < -0.39 is 0 Å². The van der Waals surface area contributed by atoms with Crippen LogP contribution < -0.4 is 0 Å². The Morgan fingerprint density at radius 2 is 1.50 bits per heavy atom. The lowest BCUT2D eigenvalue weighted by Gasteiger charge is -2.48. The van der Waals surface area contributed by atoms with Crippen molar-refractivity contribution in [2.75, 3.05) is 20.1 Å². The maximum absolute atomic E-state index is 6.25. The summed E-state index contributed by atoms with van der Waals surface area (Å²) in [6, 6.07) is 11.2. The lowest BCUT2D eigenvalue weighted by Crippen LogP contribution is -2.58. The van der Waals surface area contributed by atoms with Crippen LogP contribution in [0, 0.1) is 0 Å². The second-order valence-corrected chi connectivity index (χ2v) is 7.46. The monoisotopic (exact) mass is 425 g/mol. The van der Waals surface area contributed by atoms with Crippen molar-refractivity contribution >= 4 is 58.8 Å². The van der Waals surface area contributed by atoms with Crippen LogP contribution in [0.5, 0.6) is 0 Å². The number of benzene rings is 2. The molecule has 3 rings (SSSR count). The molecule has 0 aromatic heterocycles. The highest BCUT2D eigenvalue weighted by Gasteiger charge is 2.44. The maximum atomic E-state index is 6.25. The number of likely N-dealkylation sites (tertiary alicyclic amines) is 1. The molecule has 1 fully saturated rings. The van der Waals surface area contributed by atoms with Crippen LogP contribution >= 0.6 is 58.8 Å². The topological polar surface area (TPSA) is 12.5 Å². The second-order valence-electron chi connectivity index (χ2n) is 5.83. The Labute approximate surface area is 168 Å². The average molecular weight is 428 g/mol. The van der Waals surface area contributed by atoms with E-state index in [-0.39, 0.29) is 18.0 Å². The van der Waals surface area contributed by atoms with Crippen molar-refractivity contribution < 1.29 is 4.74 Å². The van der Waals surface area contributed by atoms with E-state index in [0.717, 1.165) is 24.2 Å². The molecule has 1 heterocycles. The molecular formula is C17H16Cl5NO. The maximum Gasteiger partial charge on any atom is 0.119 e. The number of hydrogen-bond acceptors (Lipinski definition) is 2. The van der Waals surface area contributed by atoms with E-state index >= 15 is 0 Å². The molecule has 24 heavy (non-hydrogen) atoms. The number of halogens is 5. The van der Waals surface area contributed by atoms with E-state index in [9.17, 15) is 0 Å². The van der Waals surface area contributed by atoms with Crippen LogP contribution in [0.4, 0.5) is 0 Å². The van der Waals surface area contributed by atoms with Gasteiger partial charge in [0.2, 0.25) is 0 Å². The van der Waals surface area contributed by atoms with Gasteiger partial charge in [-0.3, -0.25) is 4.90 Å². The molecule has 1 aliphatic rings. The highest BCUT2D eigenvalue weighted by Crippen LogP contribution is 2.38. The molecule has 0 unspecified atom stereocenters. The fourth-order valence-corrected chi connectivity index (χ4v) is 3.43. The quantitative estimate of drug-likeness (QED) is 0.586. The van der Waals surface area contributed by atoms with Gasteiger partial charge in [-0.1, -0.05) is 58.5 Å². The van der Waals surface area contributed by atoms with Crippen molar-refractivity contribution in [1.29, 1.82) is 0 Å². The summed E-state index contributed by atoms with van der Waals surface area (Å²) in [6.45, 7) is 2.05. The van der Waals surface area contributed by atoms with E-state index in [2.05, 4.69) is 11.9 Å². The summed E-state index contributed by atoms with van der Waals surface area (Å²) in [5, 5.41) is 2.15. The van der Waals surface area contributed by atoms with Gasteiger partial charge in [-0.2, -0.15) is 0 Å². The lowest BCUT2D eigenvalue weighted by atomic mass is 9.86. The van der Waals surface area contributed by atoms with E-state index in [1.54, 1.807) is 6.07 Å². The molecule has 2 nitrogen and oxygen atoms in total. The summed E-state index contributed by atoms with van der Waals surface area (Å²) < 4.78 is 6.25. The fourth-order valence-electron chi connectivity index (χ4n) is 2.81. The first-order valence-electron chi connectivity index (χ1n) is 7.12. The Kier molecular flexibility index (Phi) is 6.72. The summed E-state index contributed by atoms with van der Waals surface area (Å²) >= 11 is 24.2. The highest BCUT2D eigenvalue weighted by atomic mass is 35.5. The normalized spacial score (nSPS) is 16.4. The van der Waals surface area contributed by atoms with Gasteiger partial charge in [0.1, 0.15) is 5.60 Å². The third-order valence-corrected chi connectivity index (χ3v) is 5.47. The van der Waals surface area contributed by atoms with Gasteiger partial charge in [0.15, 0.2) is 0 Å². The zero-order chi connectivity index (χ0) is 16.6. The predicted molar refractivity (Wildman–Crippen MR) is 104 cm³/mol.